The number of hydrogen-bond acceptors (Lipinski definition) is 3. The molecule has 0 fully saturated rings. The second kappa shape index (κ2) is 4.80. The number of rotatable bonds is 3. The molecule has 0 aliphatic carbocycles. The SMILES string of the molecule is O=[N+]([O-])c1cc(CBr)nc(Cl)c1C(F)F. The summed E-state index contributed by atoms with van der Waals surface area (Å²) in [7, 11) is 0. The van der Waals surface area contributed by atoms with Gasteiger partial charge in [0, 0.05) is 11.4 Å². The van der Waals surface area contributed by atoms with Crippen molar-refractivity contribution in [1.82, 2.24) is 4.98 Å². The van der Waals surface area contributed by atoms with E-state index in [9.17, 15) is 18.9 Å². The van der Waals surface area contributed by atoms with Crippen LogP contribution in [0.5, 0.6) is 0 Å². The molecule has 0 atom stereocenters. The van der Waals surface area contributed by atoms with Crippen LogP contribution in [0, 0.1) is 10.1 Å². The summed E-state index contributed by atoms with van der Waals surface area (Å²) in [5, 5.41) is 10.2. The molecule has 0 radical (unpaired) electrons. The molecule has 4 nitrogen and oxygen atoms in total. The molecule has 0 aliphatic heterocycles. The first-order chi connectivity index (χ1) is 6.97. The second-order valence-corrected chi connectivity index (χ2v) is 3.45. The van der Waals surface area contributed by atoms with E-state index in [0.29, 0.717) is 0 Å². The third-order valence-corrected chi connectivity index (χ3v) is 2.46. The Kier molecular flexibility index (Phi) is 3.92. The molecule has 1 rings (SSSR count). The highest BCUT2D eigenvalue weighted by Gasteiger charge is 2.26. The van der Waals surface area contributed by atoms with Crippen LogP contribution in [0.3, 0.4) is 0 Å². The van der Waals surface area contributed by atoms with Gasteiger partial charge in [-0.25, -0.2) is 13.8 Å². The van der Waals surface area contributed by atoms with Gasteiger partial charge in [0.05, 0.1) is 10.6 Å². The number of hydrogen-bond donors (Lipinski definition) is 0. The summed E-state index contributed by atoms with van der Waals surface area (Å²) in [4.78, 5) is 13.2. The maximum absolute atomic E-state index is 12.4. The van der Waals surface area contributed by atoms with Crippen LogP contribution in [0.2, 0.25) is 5.15 Å². The number of pyridine rings is 1. The molecular formula is C7H4BrClF2N2O2. The van der Waals surface area contributed by atoms with Crippen LogP contribution >= 0.6 is 27.5 Å². The average Bonchev–Trinajstić information content (AvgIpc) is 2.15. The highest BCUT2D eigenvalue weighted by atomic mass is 79.9. The lowest BCUT2D eigenvalue weighted by Gasteiger charge is -2.05. The van der Waals surface area contributed by atoms with E-state index >= 15 is 0 Å². The fraction of sp³-hybridized carbons (Fsp3) is 0.286. The van der Waals surface area contributed by atoms with Gasteiger partial charge in [0.2, 0.25) is 0 Å². The highest BCUT2D eigenvalue weighted by molar-refractivity contribution is 9.08. The topological polar surface area (TPSA) is 56.0 Å². The van der Waals surface area contributed by atoms with Gasteiger partial charge in [-0.15, -0.1) is 0 Å². The molecular weight excluding hydrogens is 297 g/mol. The zero-order valence-electron chi connectivity index (χ0n) is 7.08. The van der Waals surface area contributed by atoms with E-state index < -0.39 is 27.8 Å². The summed E-state index contributed by atoms with van der Waals surface area (Å²) in [6.45, 7) is 0. The first-order valence-corrected chi connectivity index (χ1v) is 5.15. The largest absolute Gasteiger partial charge is 0.283 e. The number of aromatic nitrogens is 1. The Bertz CT molecular complexity index is 403. The van der Waals surface area contributed by atoms with Crippen LogP contribution in [0.25, 0.3) is 0 Å². The van der Waals surface area contributed by atoms with Gasteiger partial charge in [-0.2, -0.15) is 0 Å². The summed E-state index contributed by atoms with van der Waals surface area (Å²) in [5.41, 5.74) is -1.32. The van der Waals surface area contributed by atoms with Gasteiger partial charge >= 0.3 is 0 Å². The van der Waals surface area contributed by atoms with Gasteiger partial charge < -0.3 is 0 Å². The van der Waals surface area contributed by atoms with E-state index in [2.05, 4.69) is 20.9 Å². The van der Waals surface area contributed by atoms with Crippen molar-refractivity contribution in [3.63, 3.8) is 0 Å². The van der Waals surface area contributed by atoms with Crippen molar-refractivity contribution in [3.8, 4) is 0 Å². The Hall–Kier alpha value is -0.820. The summed E-state index contributed by atoms with van der Waals surface area (Å²) in [6.07, 6.45) is -3.02. The Labute approximate surface area is 96.5 Å². The summed E-state index contributed by atoms with van der Waals surface area (Å²) in [6, 6.07) is 0.974. The first-order valence-electron chi connectivity index (χ1n) is 3.65. The maximum Gasteiger partial charge on any atom is 0.283 e. The van der Waals surface area contributed by atoms with E-state index in [4.69, 9.17) is 11.6 Å². The van der Waals surface area contributed by atoms with Crippen LogP contribution in [0.1, 0.15) is 17.7 Å². The van der Waals surface area contributed by atoms with Crippen molar-refractivity contribution >= 4 is 33.2 Å². The molecule has 0 bridgehead atoms. The van der Waals surface area contributed by atoms with Gasteiger partial charge in [0.1, 0.15) is 10.7 Å². The molecule has 1 aromatic rings. The minimum Gasteiger partial charge on any atom is -0.258 e. The van der Waals surface area contributed by atoms with Crippen molar-refractivity contribution < 1.29 is 13.7 Å². The third-order valence-electron chi connectivity index (χ3n) is 1.60. The number of alkyl halides is 3. The molecule has 82 valence electrons. The molecule has 0 spiro atoms. The van der Waals surface area contributed by atoms with Crippen LogP contribution in [-0.4, -0.2) is 9.91 Å². The average molecular weight is 301 g/mol. The van der Waals surface area contributed by atoms with E-state index in [1.807, 2.05) is 0 Å². The van der Waals surface area contributed by atoms with E-state index in [0.717, 1.165) is 6.07 Å². The van der Waals surface area contributed by atoms with Crippen molar-refractivity contribution in [1.29, 1.82) is 0 Å². The van der Waals surface area contributed by atoms with Crippen LogP contribution in [0.4, 0.5) is 14.5 Å². The Morgan fingerprint density at radius 2 is 2.27 bits per heavy atom. The van der Waals surface area contributed by atoms with Gasteiger partial charge in [0.25, 0.3) is 12.1 Å². The minimum atomic E-state index is -3.02. The van der Waals surface area contributed by atoms with Crippen molar-refractivity contribution in [3.05, 3.63) is 32.6 Å². The molecule has 0 aromatic carbocycles. The summed E-state index contributed by atoms with van der Waals surface area (Å²) < 4.78 is 24.9. The molecule has 0 amide bonds. The highest BCUT2D eigenvalue weighted by Crippen LogP contribution is 2.34. The molecule has 0 aliphatic rings. The van der Waals surface area contributed by atoms with Crippen molar-refractivity contribution in [2.24, 2.45) is 0 Å². The minimum absolute atomic E-state index is 0.205. The number of nitrogens with zero attached hydrogens (tertiary/aromatic N) is 2. The first kappa shape index (κ1) is 12.3. The molecule has 0 saturated heterocycles. The Morgan fingerprint density at radius 1 is 1.67 bits per heavy atom. The second-order valence-electron chi connectivity index (χ2n) is 2.53. The maximum atomic E-state index is 12.4. The Morgan fingerprint density at radius 3 is 2.67 bits per heavy atom. The van der Waals surface area contributed by atoms with Crippen LogP contribution in [0.15, 0.2) is 6.07 Å². The predicted octanol–water partition coefficient (Wildman–Crippen LogP) is 3.48. The molecule has 1 aromatic heterocycles. The van der Waals surface area contributed by atoms with Crippen molar-refractivity contribution in [2.45, 2.75) is 11.8 Å². The lowest BCUT2D eigenvalue weighted by molar-refractivity contribution is -0.386. The van der Waals surface area contributed by atoms with Gasteiger partial charge in [0.15, 0.2) is 0 Å². The lowest BCUT2D eigenvalue weighted by atomic mass is 10.2. The third kappa shape index (κ3) is 2.60. The molecule has 0 N–H and O–H groups in total. The van der Waals surface area contributed by atoms with E-state index in [-0.39, 0.29) is 11.0 Å². The van der Waals surface area contributed by atoms with Crippen LogP contribution in [-0.2, 0) is 5.33 Å². The predicted molar refractivity (Wildman–Crippen MR) is 53.5 cm³/mol. The van der Waals surface area contributed by atoms with E-state index in [1.165, 1.54) is 0 Å². The zero-order chi connectivity index (χ0) is 11.6. The normalized spacial score (nSPS) is 10.7. The standard InChI is InChI=1S/C7H4BrClF2N2O2/c8-2-3-1-4(13(14)15)5(7(10)11)6(9)12-3/h1,7H,2H2. The molecule has 8 heteroatoms. The fourth-order valence-electron chi connectivity index (χ4n) is 0.981. The van der Waals surface area contributed by atoms with Gasteiger partial charge in [-0.05, 0) is 0 Å². The number of halogens is 4. The van der Waals surface area contributed by atoms with E-state index in [1.54, 1.807) is 0 Å². The van der Waals surface area contributed by atoms with Crippen molar-refractivity contribution in [2.75, 3.05) is 0 Å². The lowest BCUT2D eigenvalue weighted by Crippen LogP contribution is -2.01. The summed E-state index contributed by atoms with van der Waals surface area (Å²) >= 11 is 8.44. The molecule has 0 unspecified atom stereocenters. The molecule has 0 saturated carbocycles. The quantitative estimate of drug-likeness (QED) is 0.372. The summed E-state index contributed by atoms with van der Waals surface area (Å²) in [5.74, 6) is 0. The van der Waals surface area contributed by atoms with Crippen LogP contribution < -0.4 is 0 Å². The molecule has 1 heterocycles. The molecule has 15 heavy (non-hydrogen) atoms. The Balaban J connectivity index is 3.42. The smallest absolute Gasteiger partial charge is 0.258 e. The fourth-order valence-corrected chi connectivity index (χ4v) is 1.56. The van der Waals surface area contributed by atoms with Gasteiger partial charge in [-0.1, -0.05) is 27.5 Å². The number of nitro groups is 1. The van der Waals surface area contributed by atoms with Gasteiger partial charge in [-0.3, -0.25) is 10.1 Å². The monoisotopic (exact) mass is 300 g/mol. The zero-order valence-corrected chi connectivity index (χ0v) is 9.43.